The summed E-state index contributed by atoms with van der Waals surface area (Å²) in [5.41, 5.74) is 1.54. The topological polar surface area (TPSA) is 54.0 Å². The highest BCUT2D eigenvalue weighted by Crippen LogP contribution is 2.27. The van der Waals surface area contributed by atoms with Crippen LogP contribution in [0.15, 0.2) is 60.8 Å². The molecule has 3 aromatic rings. The number of aromatic nitrogens is 1. The van der Waals surface area contributed by atoms with Crippen molar-refractivity contribution in [1.82, 2.24) is 10.3 Å². The maximum Gasteiger partial charge on any atom is 0.433 e. The summed E-state index contributed by atoms with van der Waals surface area (Å²) in [6, 6.07) is 14.3. The summed E-state index contributed by atoms with van der Waals surface area (Å²) < 4.78 is 37.6. The highest BCUT2D eigenvalue weighted by molar-refractivity contribution is 6.42. The number of hydrogen-bond donors (Lipinski definition) is 2. The van der Waals surface area contributed by atoms with E-state index in [9.17, 15) is 18.0 Å². The third-order valence-electron chi connectivity index (χ3n) is 4.23. The first kappa shape index (κ1) is 21.9. The maximum atomic E-state index is 12.5. The minimum atomic E-state index is -4.49. The number of pyridine rings is 1. The molecule has 9 heteroatoms. The van der Waals surface area contributed by atoms with Gasteiger partial charge < -0.3 is 10.6 Å². The number of benzene rings is 2. The first-order valence-electron chi connectivity index (χ1n) is 8.81. The molecule has 2 aromatic carbocycles. The van der Waals surface area contributed by atoms with Crippen LogP contribution in [0.5, 0.6) is 0 Å². The zero-order valence-corrected chi connectivity index (χ0v) is 16.9. The van der Waals surface area contributed by atoms with Gasteiger partial charge in [-0.05, 0) is 47.5 Å². The Morgan fingerprint density at radius 1 is 0.967 bits per heavy atom. The predicted octanol–water partition coefficient (Wildman–Crippen LogP) is 5.95. The molecule has 1 aromatic heterocycles. The lowest BCUT2D eigenvalue weighted by Gasteiger charge is -2.10. The Kier molecular flexibility index (Phi) is 6.84. The molecule has 1 amide bonds. The fraction of sp³-hybridized carbons (Fsp3) is 0.143. The molecule has 0 unspecified atom stereocenters. The van der Waals surface area contributed by atoms with Crippen molar-refractivity contribution in [1.29, 1.82) is 0 Å². The smallest absolute Gasteiger partial charge is 0.381 e. The summed E-state index contributed by atoms with van der Waals surface area (Å²) in [6.45, 7) is 0.531. The van der Waals surface area contributed by atoms with Gasteiger partial charge in [-0.1, -0.05) is 41.4 Å². The highest BCUT2D eigenvalue weighted by atomic mass is 35.5. The lowest BCUT2D eigenvalue weighted by atomic mass is 10.1. The third-order valence-corrected chi connectivity index (χ3v) is 5.09. The molecule has 0 saturated carbocycles. The molecular weight excluding hydrogens is 438 g/mol. The largest absolute Gasteiger partial charge is 0.433 e. The summed E-state index contributed by atoms with van der Waals surface area (Å²) in [5, 5.41) is 6.81. The van der Waals surface area contributed by atoms with Crippen LogP contribution >= 0.6 is 23.2 Å². The van der Waals surface area contributed by atoms with Gasteiger partial charge in [-0.3, -0.25) is 9.78 Å². The molecule has 1 heterocycles. The number of nitrogens with zero attached hydrogens (tertiary/aromatic N) is 1. The molecule has 156 valence electrons. The van der Waals surface area contributed by atoms with Crippen LogP contribution < -0.4 is 10.6 Å². The van der Waals surface area contributed by atoms with Crippen LogP contribution in [0.2, 0.25) is 10.0 Å². The minimum Gasteiger partial charge on any atom is -0.381 e. The van der Waals surface area contributed by atoms with Crippen molar-refractivity contribution < 1.29 is 18.0 Å². The van der Waals surface area contributed by atoms with Crippen molar-refractivity contribution in [3.05, 3.63) is 93.2 Å². The molecule has 0 spiro atoms. The van der Waals surface area contributed by atoms with E-state index >= 15 is 0 Å². The average molecular weight is 454 g/mol. The Labute approximate surface area is 181 Å². The summed E-state index contributed by atoms with van der Waals surface area (Å²) >= 11 is 12.2. The second-order valence-corrected chi connectivity index (χ2v) is 7.16. The van der Waals surface area contributed by atoms with Gasteiger partial charge in [0.1, 0.15) is 5.69 Å². The summed E-state index contributed by atoms with van der Waals surface area (Å²) in [6.07, 6.45) is -3.40. The Hall–Kier alpha value is -2.77. The number of carbonyl (C=O) groups excluding carboxylic acids is 1. The number of anilines is 1. The Morgan fingerprint density at radius 2 is 1.70 bits per heavy atom. The van der Waals surface area contributed by atoms with E-state index in [-0.39, 0.29) is 12.5 Å². The van der Waals surface area contributed by atoms with E-state index in [0.717, 1.165) is 23.5 Å². The van der Waals surface area contributed by atoms with Gasteiger partial charge in [0.15, 0.2) is 0 Å². The van der Waals surface area contributed by atoms with Gasteiger partial charge in [-0.15, -0.1) is 0 Å². The fourth-order valence-electron chi connectivity index (χ4n) is 2.60. The highest BCUT2D eigenvalue weighted by Gasteiger charge is 2.31. The molecule has 0 aliphatic rings. The van der Waals surface area contributed by atoms with Crippen molar-refractivity contribution in [3.63, 3.8) is 0 Å². The molecular formula is C21H16Cl2F3N3O. The number of hydrogen-bond acceptors (Lipinski definition) is 3. The van der Waals surface area contributed by atoms with Crippen LogP contribution in [-0.2, 0) is 19.3 Å². The molecule has 4 nitrogen and oxygen atoms in total. The number of alkyl halides is 3. The van der Waals surface area contributed by atoms with Gasteiger partial charge in [0.05, 0.1) is 10.0 Å². The van der Waals surface area contributed by atoms with Crippen molar-refractivity contribution in [2.45, 2.75) is 19.3 Å². The van der Waals surface area contributed by atoms with E-state index in [0.29, 0.717) is 27.7 Å². The van der Waals surface area contributed by atoms with Crippen molar-refractivity contribution >= 4 is 34.8 Å². The summed E-state index contributed by atoms with van der Waals surface area (Å²) in [5.74, 6) is -0.348. The normalized spacial score (nSPS) is 11.2. The monoisotopic (exact) mass is 453 g/mol. The van der Waals surface area contributed by atoms with Gasteiger partial charge in [-0.2, -0.15) is 13.2 Å². The zero-order chi connectivity index (χ0) is 21.7. The van der Waals surface area contributed by atoms with E-state index in [1.807, 2.05) is 12.1 Å². The van der Waals surface area contributed by atoms with Crippen LogP contribution in [0.1, 0.15) is 27.2 Å². The number of nitrogens with one attached hydrogen (secondary N) is 2. The van der Waals surface area contributed by atoms with Crippen LogP contribution in [0.4, 0.5) is 18.9 Å². The average Bonchev–Trinajstić information content (AvgIpc) is 2.73. The number of carbonyl (C=O) groups is 1. The Bertz CT molecular complexity index is 1020. The zero-order valence-electron chi connectivity index (χ0n) is 15.4. The molecule has 3 rings (SSSR count). The second-order valence-electron chi connectivity index (χ2n) is 6.38. The molecule has 0 aliphatic carbocycles. The summed E-state index contributed by atoms with van der Waals surface area (Å²) in [4.78, 5) is 15.6. The van der Waals surface area contributed by atoms with E-state index in [2.05, 4.69) is 15.6 Å². The molecule has 0 saturated heterocycles. The van der Waals surface area contributed by atoms with E-state index in [1.54, 1.807) is 30.3 Å². The van der Waals surface area contributed by atoms with Crippen molar-refractivity contribution in [3.8, 4) is 0 Å². The number of amides is 1. The quantitative estimate of drug-likeness (QED) is 0.484. The third kappa shape index (κ3) is 5.64. The van der Waals surface area contributed by atoms with E-state index in [4.69, 9.17) is 23.2 Å². The summed E-state index contributed by atoms with van der Waals surface area (Å²) in [7, 11) is 0. The van der Waals surface area contributed by atoms with E-state index in [1.165, 1.54) is 6.07 Å². The predicted molar refractivity (Wildman–Crippen MR) is 111 cm³/mol. The van der Waals surface area contributed by atoms with Crippen LogP contribution in [0.25, 0.3) is 0 Å². The maximum absolute atomic E-state index is 12.5. The molecule has 0 bridgehead atoms. The Balaban J connectivity index is 1.54. The molecule has 0 radical (unpaired) electrons. The molecule has 2 N–H and O–H groups in total. The first-order chi connectivity index (χ1) is 14.2. The van der Waals surface area contributed by atoms with Gasteiger partial charge >= 0.3 is 6.18 Å². The van der Waals surface area contributed by atoms with Gasteiger partial charge in [-0.25, -0.2) is 0 Å². The van der Waals surface area contributed by atoms with Crippen LogP contribution in [-0.4, -0.2) is 10.9 Å². The van der Waals surface area contributed by atoms with Gasteiger partial charge in [0.2, 0.25) is 0 Å². The van der Waals surface area contributed by atoms with Crippen molar-refractivity contribution in [2.24, 2.45) is 0 Å². The first-order valence-corrected chi connectivity index (χ1v) is 9.57. The molecule has 0 aliphatic heterocycles. The molecule has 0 fully saturated rings. The second kappa shape index (κ2) is 9.36. The van der Waals surface area contributed by atoms with E-state index < -0.39 is 11.9 Å². The van der Waals surface area contributed by atoms with Crippen LogP contribution in [0.3, 0.4) is 0 Å². The van der Waals surface area contributed by atoms with Crippen molar-refractivity contribution in [2.75, 3.05) is 5.32 Å². The standard InChI is InChI=1S/C21H16Cl2F3N3O/c22-17-3-1-2-15(19(17)23)12-27-16-7-5-14(6-8-16)20(30)29-11-13-4-9-18(28-10-13)21(24,25)26/h1-10,27H,11-12H2,(H,29,30). The molecule has 0 atom stereocenters. The Morgan fingerprint density at radius 3 is 2.33 bits per heavy atom. The fourth-order valence-corrected chi connectivity index (χ4v) is 2.99. The lowest BCUT2D eigenvalue weighted by molar-refractivity contribution is -0.141. The lowest BCUT2D eigenvalue weighted by Crippen LogP contribution is -2.23. The number of halogens is 5. The van der Waals surface area contributed by atoms with Gasteiger partial charge in [0, 0.05) is 30.5 Å². The minimum absolute atomic E-state index is 0.0667. The van der Waals surface area contributed by atoms with Crippen LogP contribution in [0, 0.1) is 0 Å². The SMILES string of the molecule is O=C(NCc1ccc(C(F)(F)F)nc1)c1ccc(NCc2cccc(Cl)c2Cl)cc1. The molecule has 30 heavy (non-hydrogen) atoms. The number of rotatable bonds is 6. The van der Waals surface area contributed by atoms with Gasteiger partial charge in [0.25, 0.3) is 5.91 Å².